The molecule has 0 spiro atoms. The van der Waals surface area contributed by atoms with Crippen LogP contribution >= 0.6 is 11.6 Å². The minimum atomic E-state index is -1.89. The zero-order chi connectivity index (χ0) is 20.4. The van der Waals surface area contributed by atoms with Crippen LogP contribution in [0, 0.1) is 11.8 Å². The molecule has 1 aliphatic heterocycles. The van der Waals surface area contributed by atoms with Crippen molar-refractivity contribution in [2.45, 2.75) is 52.7 Å². The zero-order valence-electron chi connectivity index (χ0n) is 16.4. The molecule has 0 aromatic carbocycles. The highest BCUT2D eigenvalue weighted by atomic mass is 35.5. The van der Waals surface area contributed by atoms with E-state index < -0.39 is 29.4 Å². The molecular formula is C21H27ClO5. The third-order valence-corrected chi connectivity index (χ3v) is 5.34. The predicted molar refractivity (Wildman–Crippen MR) is 104 cm³/mol. The number of carbonyl (C=O) groups is 2. The van der Waals surface area contributed by atoms with Gasteiger partial charge < -0.3 is 14.6 Å². The van der Waals surface area contributed by atoms with Crippen LogP contribution in [0.2, 0.25) is 0 Å². The normalized spacial score (nSPS) is 30.0. The number of rotatable bonds is 5. The Bertz CT molecular complexity index is 742. The third kappa shape index (κ3) is 4.71. The average Bonchev–Trinajstić information content (AvgIpc) is 2.61. The summed E-state index contributed by atoms with van der Waals surface area (Å²) in [6.45, 7) is 8.99. The van der Waals surface area contributed by atoms with Gasteiger partial charge in [0.1, 0.15) is 11.9 Å². The van der Waals surface area contributed by atoms with Gasteiger partial charge in [0.25, 0.3) is 0 Å². The number of hydrogen-bond acceptors (Lipinski definition) is 5. The Balaban J connectivity index is 2.34. The van der Waals surface area contributed by atoms with Gasteiger partial charge in [-0.15, -0.1) is 0 Å². The van der Waals surface area contributed by atoms with Crippen molar-refractivity contribution in [3.05, 3.63) is 46.2 Å². The molecule has 27 heavy (non-hydrogen) atoms. The molecule has 6 heteroatoms. The van der Waals surface area contributed by atoms with Crippen LogP contribution in [0.25, 0.3) is 0 Å². The zero-order valence-corrected chi connectivity index (χ0v) is 17.2. The van der Waals surface area contributed by atoms with Gasteiger partial charge in [-0.2, -0.15) is 0 Å². The number of Topliss-reactive ketones (excluding diaryl/α,β-unsaturated/α-hetero) is 1. The maximum absolute atomic E-state index is 12.5. The molecule has 0 aromatic rings. The Labute approximate surface area is 165 Å². The van der Waals surface area contributed by atoms with E-state index in [0.29, 0.717) is 17.3 Å². The highest BCUT2D eigenvalue weighted by Crippen LogP contribution is 2.41. The van der Waals surface area contributed by atoms with E-state index in [0.717, 1.165) is 12.0 Å². The highest BCUT2D eigenvalue weighted by molar-refractivity contribution is 6.44. The third-order valence-electron chi connectivity index (χ3n) is 4.95. The fourth-order valence-electron chi connectivity index (χ4n) is 3.24. The van der Waals surface area contributed by atoms with Crippen molar-refractivity contribution in [1.82, 2.24) is 0 Å². The van der Waals surface area contributed by atoms with Crippen molar-refractivity contribution in [1.29, 1.82) is 0 Å². The summed E-state index contributed by atoms with van der Waals surface area (Å²) in [6.07, 6.45) is 7.62. The van der Waals surface area contributed by atoms with E-state index >= 15 is 0 Å². The number of halogens is 1. The van der Waals surface area contributed by atoms with Crippen LogP contribution in [0.5, 0.6) is 0 Å². The Morgan fingerprint density at radius 3 is 2.78 bits per heavy atom. The topological polar surface area (TPSA) is 72.8 Å². The molecule has 148 valence electrons. The largest absolute Gasteiger partial charge is 0.493 e. The molecular weight excluding hydrogens is 368 g/mol. The van der Waals surface area contributed by atoms with Gasteiger partial charge in [0, 0.05) is 6.92 Å². The van der Waals surface area contributed by atoms with E-state index in [1.807, 2.05) is 19.1 Å². The fourth-order valence-corrected chi connectivity index (χ4v) is 3.62. The lowest BCUT2D eigenvalue weighted by molar-refractivity contribution is -0.174. The van der Waals surface area contributed by atoms with E-state index in [-0.39, 0.29) is 11.6 Å². The van der Waals surface area contributed by atoms with Gasteiger partial charge in [-0.25, -0.2) is 0 Å². The minimum absolute atomic E-state index is 0.0468. The van der Waals surface area contributed by atoms with Gasteiger partial charge >= 0.3 is 5.97 Å². The predicted octanol–water partition coefficient (Wildman–Crippen LogP) is 3.82. The van der Waals surface area contributed by atoms with Crippen LogP contribution in [0.15, 0.2) is 46.2 Å². The monoisotopic (exact) mass is 394 g/mol. The molecule has 4 atom stereocenters. The molecule has 5 nitrogen and oxygen atoms in total. The van der Waals surface area contributed by atoms with Gasteiger partial charge in [-0.3, -0.25) is 9.59 Å². The summed E-state index contributed by atoms with van der Waals surface area (Å²) in [4.78, 5) is 23.9. The molecule has 0 saturated carbocycles. The highest BCUT2D eigenvalue weighted by Gasteiger charge is 2.53. The maximum Gasteiger partial charge on any atom is 0.303 e. The Morgan fingerprint density at radius 1 is 1.52 bits per heavy atom. The molecule has 0 saturated heterocycles. The van der Waals surface area contributed by atoms with Crippen molar-refractivity contribution in [2.24, 2.45) is 11.8 Å². The molecule has 1 aliphatic carbocycles. The standard InChI is InChI=1S/C21H27ClO5/c1-6-12(2)9-13(3)7-8-15-10-16-17(11-26-15)20(27-14(4)23)21(5,25)19(24)18(16)22/h7-10,12,17,20,25H,6,11H2,1-5H3/b8-7+,13-9+/t12?,17-,20+,21-/m0/s1. The van der Waals surface area contributed by atoms with E-state index in [2.05, 4.69) is 19.9 Å². The molecule has 0 bridgehead atoms. The number of hydrogen-bond donors (Lipinski definition) is 1. The summed E-state index contributed by atoms with van der Waals surface area (Å²) in [6, 6.07) is 0. The van der Waals surface area contributed by atoms with Crippen LogP contribution < -0.4 is 0 Å². The lowest BCUT2D eigenvalue weighted by Gasteiger charge is -2.42. The van der Waals surface area contributed by atoms with Crippen LogP contribution in [0.4, 0.5) is 0 Å². The molecule has 1 N–H and O–H groups in total. The van der Waals surface area contributed by atoms with Gasteiger partial charge in [0.05, 0.1) is 17.6 Å². The molecule has 0 amide bonds. The SMILES string of the molecule is CCC(C)/C=C(C)/C=C/C1=CC2=C(Cl)C(=O)[C@](C)(O)[C@H](OC(C)=O)[C@H]2CO1. The molecule has 0 fully saturated rings. The minimum Gasteiger partial charge on any atom is -0.493 e. The number of allylic oxidation sites excluding steroid dienone is 5. The Hall–Kier alpha value is -1.85. The Kier molecular flexibility index (Phi) is 6.71. The molecule has 2 aliphatic rings. The van der Waals surface area contributed by atoms with Crippen molar-refractivity contribution in [3.8, 4) is 0 Å². The lowest BCUT2D eigenvalue weighted by Crippen LogP contribution is -2.57. The van der Waals surface area contributed by atoms with Crippen LogP contribution in [0.3, 0.4) is 0 Å². The number of ketones is 1. The van der Waals surface area contributed by atoms with Crippen molar-refractivity contribution < 1.29 is 24.2 Å². The van der Waals surface area contributed by atoms with Crippen molar-refractivity contribution >= 4 is 23.4 Å². The van der Waals surface area contributed by atoms with E-state index in [9.17, 15) is 14.7 Å². The number of fused-ring (bicyclic) bond motifs is 1. The van der Waals surface area contributed by atoms with Crippen molar-refractivity contribution in [2.75, 3.05) is 6.61 Å². The number of ether oxygens (including phenoxy) is 2. The van der Waals surface area contributed by atoms with Gasteiger partial charge in [0.2, 0.25) is 5.78 Å². The molecule has 0 radical (unpaired) electrons. The average molecular weight is 395 g/mol. The summed E-state index contributed by atoms with van der Waals surface area (Å²) in [7, 11) is 0. The number of aliphatic hydroxyl groups is 1. The summed E-state index contributed by atoms with van der Waals surface area (Å²) >= 11 is 6.24. The molecule has 2 rings (SSSR count). The molecule has 0 aromatic heterocycles. The van der Waals surface area contributed by atoms with Gasteiger partial charge in [-0.1, -0.05) is 49.6 Å². The Morgan fingerprint density at radius 2 is 2.19 bits per heavy atom. The van der Waals surface area contributed by atoms with Crippen LogP contribution in [-0.4, -0.2) is 35.2 Å². The van der Waals surface area contributed by atoms with E-state index in [1.165, 1.54) is 13.8 Å². The first-order valence-corrected chi connectivity index (χ1v) is 9.50. The first kappa shape index (κ1) is 21.5. The first-order valence-electron chi connectivity index (χ1n) is 9.13. The summed E-state index contributed by atoms with van der Waals surface area (Å²) in [5.41, 5.74) is -0.262. The fraction of sp³-hybridized carbons (Fsp3) is 0.524. The van der Waals surface area contributed by atoms with Crippen LogP contribution in [0.1, 0.15) is 41.0 Å². The second kappa shape index (κ2) is 8.44. The number of esters is 1. The summed E-state index contributed by atoms with van der Waals surface area (Å²) < 4.78 is 11.0. The van der Waals surface area contributed by atoms with E-state index in [1.54, 1.807) is 6.08 Å². The van der Waals surface area contributed by atoms with Gasteiger partial charge in [0.15, 0.2) is 5.60 Å². The second-order valence-corrected chi connectivity index (χ2v) is 7.75. The molecule has 1 heterocycles. The first-order chi connectivity index (χ1) is 12.6. The summed E-state index contributed by atoms with van der Waals surface area (Å²) in [5, 5.41) is 10.5. The summed E-state index contributed by atoms with van der Waals surface area (Å²) in [5.74, 6) is -0.697. The second-order valence-electron chi connectivity index (χ2n) is 7.37. The quantitative estimate of drug-likeness (QED) is 0.566. The van der Waals surface area contributed by atoms with Gasteiger partial charge in [-0.05, 0) is 37.5 Å². The van der Waals surface area contributed by atoms with Crippen molar-refractivity contribution in [3.63, 3.8) is 0 Å². The molecule has 1 unspecified atom stereocenters. The number of carbonyl (C=O) groups excluding carboxylic acids is 2. The van der Waals surface area contributed by atoms with E-state index in [4.69, 9.17) is 21.1 Å². The lowest BCUT2D eigenvalue weighted by atomic mass is 9.74. The smallest absolute Gasteiger partial charge is 0.303 e. The maximum atomic E-state index is 12.5. The van der Waals surface area contributed by atoms with Crippen LogP contribution in [-0.2, 0) is 19.1 Å².